The summed E-state index contributed by atoms with van der Waals surface area (Å²) in [5, 5.41) is 16.3. The van der Waals surface area contributed by atoms with E-state index in [1.54, 1.807) is 6.08 Å². The van der Waals surface area contributed by atoms with E-state index < -0.39 is 6.04 Å². The van der Waals surface area contributed by atoms with Crippen LogP contribution in [0.1, 0.15) is 38.5 Å². The molecule has 0 aromatic carbocycles. The zero-order valence-corrected chi connectivity index (χ0v) is 12.4. The number of urea groups is 1. The van der Waals surface area contributed by atoms with Gasteiger partial charge in [0.25, 0.3) is 0 Å². The van der Waals surface area contributed by atoms with E-state index in [0.29, 0.717) is 18.9 Å². The first-order valence-corrected chi connectivity index (χ1v) is 7.47. The molecule has 3 amide bonds. The third-order valence-corrected chi connectivity index (χ3v) is 3.66. The first-order chi connectivity index (χ1) is 10.2. The predicted octanol–water partition coefficient (Wildman–Crippen LogP) is 1.45. The SMILES string of the molecule is C=CCNC(=O)N[C@@H](CC1CCCCC1)C(=O)NCC#N. The lowest BCUT2D eigenvalue weighted by Crippen LogP contribution is -2.51. The Labute approximate surface area is 126 Å². The molecule has 0 saturated heterocycles. The topological polar surface area (TPSA) is 94.0 Å². The summed E-state index contributed by atoms with van der Waals surface area (Å²) in [6.07, 6.45) is 8.00. The molecule has 116 valence electrons. The van der Waals surface area contributed by atoms with Crippen molar-refractivity contribution in [3.05, 3.63) is 12.7 Å². The molecule has 3 N–H and O–H groups in total. The normalized spacial score (nSPS) is 16.3. The number of carbonyl (C=O) groups is 2. The molecule has 0 aromatic heterocycles. The summed E-state index contributed by atoms with van der Waals surface area (Å²) < 4.78 is 0. The molecular formula is C15H24N4O2. The second-order valence-corrected chi connectivity index (χ2v) is 5.31. The van der Waals surface area contributed by atoms with Gasteiger partial charge < -0.3 is 16.0 Å². The Hall–Kier alpha value is -2.03. The highest BCUT2D eigenvalue weighted by Gasteiger charge is 2.25. The molecule has 6 heteroatoms. The summed E-state index contributed by atoms with van der Waals surface area (Å²) in [6, 6.07) is 0.893. The van der Waals surface area contributed by atoms with Gasteiger partial charge in [0.2, 0.25) is 5.91 Å². The van der Waals surface area contributed by atoms with Crippen LogP contribution in [0.15, 0.2) is 12.7 Å². The molecule has 1 fully saturated rings. The molecule has 0 aromatic rings. The maximum atomic E-state index is 12.1. The summed E-state index contributed by atoms with van der Waals surface area (Å²) in [6.45, 7) is 3.83. The number of hydrogen-bond donors (Lipinski definition) is 3. The van der Waals surface area contributed by atoms with Crippen LogP contribution in [0.5, 0.6) is 0 Å². The summed E-state index contributed by atoms with van der Waals surface area (Å²) in [5.74, 6) is 0.159. The van der Waals surface area contributed by atoms with E-state index in [9.17, 15) is 9.59 Å². The second kappa shape index (κ2) is 9.81. The molecule has 0 bridgehead atoms. The lowest BCUT2D eigenvalue weighted by atomic mass is 9.84. The number of rotatable bonds is 7. The van der Waals surface area contributed by atoms with E-state index in [-0.39, 0.29) is 18.5 Å². The molecule has 6 nitrogen and oxygen atoms in total. The summed E-state index contributed by atoms with van der Waals surface area (Å²) in [4.78, 5) is 23.8. The molecule has 0 spiro atoms. The maximum Gasteiger partial charge on any atom is 0.315 e. The standard InChI is InChI=1S/C15H24N4O2/c1-2-9-18-15(21)19-13(14(20)17-10-8-16)11-12-6-4-3-5-7-12/h2,12-13H,1,3-7,9-11H2,(H,17,20)(H2,18,19,21)/t13-/m0/s1. The smallest absolute Gasteiger partial charge is 0.315 e. The van der Waals surface area contributed by atoms with E-state index in [4.69, 9.17) is 5.26 Å². The molecule has 21 heavy (non-hydrogen) atoms. The predicted molar refractivity (Wildman–Crippen MR) is 80.3 cm³/mol. The molecule has 1 aliphatic carbocycles. The summed E-state index contributed by atoms with van der Waals surface area (Å²) in [5.41, 5.74) is 0. The van der Waals surface area contributed by atoms with Gasteiger partial charge in [0.1, 0.15) is 12.6 Å². The van der Waals surface area contributed by atoms with Gasteiger partial charge in [-0.2, -0.15) is 5.26 Å². The molecule has 0 unspecified atom stereocenters. The van der Waals surface area contributed by atoms with Crippen LogP contribution in [0.3, 0.4) is 0 Å². The number of nitrogens with one attached hydrogen (secondary N) is 3. The summed E-state index contributed by atoms with van der Waals surface area (Å²) in [7, 11) is 0. The zero-order valence-electron chi connectivity index (χ0n) is 12.4. The van der Waals surface area contributed by atoms with E-state index in [0.717, 1.165) is 12.8 Å². The highest BCUT2D eigenvalue weighted by atomic mass is 16.2. The number of hydrogen-bond acceptors (Lipinski definition) is 3. The first-order valence-electron chi connectivity index (χ1n) is 7.47. The van der Waals surface area contributed by atoms with Gasteiger partial charge in [0.15, 0.2) is 0 Å². The van der Waals surface area contributed by atoms with Gasteiger partial charge in [-0.15, -0.1) is 6.58 Å². The van der Waals surface area contributed by atoms with Gasteiger partial charge in [-0.25, -0.2) is 4.79 Å². The van der Waals surface area contributed by atoms with Gasteiger partial charge in [0.05, 0.1) is 6.07 Å². The van der Waals surface area contributed by atoms with E-state index in [1.165, 1.54) is 19.3 Å². The van der Waals surface area contributed by atoms with Crippen LogP contribution >= 0.6 is 0 Å². The Morgan fingerprint density at radius 2 is 2.00 bits per heavy atom. The number of nitriles is 1. The molecule has 1 rings (SSSR count). The highest BCUT2D eigenvalue weighted by Crippen LogP contribution is 2.27. The molecule has 0 aliphatic heterocycles. The molecule has 0 heterocycles. The lowest BCUT2D eigenvalue weighted by Gasteiger charge is -2.26. The van der Waals surface area contributed by atoms with Crippen molar-refractivity contribution in [3.8, 4) is 6.07 Å². The zero-order chi connectivity index (χ0) is 15.5. The quantitative estimate of drug-likeness (QED) is 0.489. The van der Waals surface area contributed by atoms with Crippen molar-refractivity contribution in [2.75, 3.05) is 13.1 Å². The minimum Gasteiger partial charge on any atom is -0.341 e. The number of nitrogens with zero attached hydrogens (tertiary/aromatic N) is 1. The lowest BCUT2D eigenvalue weighted by molar-refractivity contribution is -0.123. The van der Waals surface area contributed by atoms with Crippen molar-refractivity contribution in [1.29, 1.82) is 5.26 Å². The minimum absolute atomic E-state index is 0.0457. The highest BCUT2D eigenvalue weighted by molar-refractivity contribution is 5.87. The molecule has 1 aliphatic rings. The maximum absolute atomic E-state index is 12.1. The van der Waals surface area contributed by atoms with Gasteiger partial charge in [-0.05, 0) is 12.3 Å². The van der Waals surface area contributed by atoms with Crippen molar-refractivity contribution < 1.29 is 9.59 Å². The largest absolute Gasteiger partial charge is 0.341 e. The molecule has 1 atom stereocenters. The van der Waals surface area contributed by atoms with Crippen molar-refractivity contribution in [2.24, 2.45) is 5.92 Å². The third-order valence-electron chi connectivity index (χ3n) is 3.66. The molecular weight excluding hydrogens is 268 g/mol. The fourth-order valence-electron chi connectivity index (χ4n) is 2.61. The van der Waals surface area contributed by atoms with Crippen LogP contribution in [0, 0.1) is 17.2 Å². The van der Waals surface area contributed by atoms with E-state index in [2.05, 4.69) is 22.5 Å². The fraction of sp³-hybridized carbons (Fsp3) is 0.667. The van der Waals surface area contributed by atoms with Gasteiger partial charge >= 0.3 is 6.03 Å². The third kappa shape index (κ3) is 6.80. The fourth-order valence-corrected chi connectivity index (χ4v) is 2.61. The monoisotopic (exact) mass is 292 g/mol. The van der Waals surface area contributed by atoms with Crippen LogP contribution in [-0.4, -0.2) is 31.1 Å². The Kier molecular flexibility index (Phi) is 7.95. The van der Waals surface area contributed by atoms with Crippen molar-refractivity contribution >= 4 is 11.9 Å². The van der Waals surface area contributed by atoms with Crippen LogP contribution in [-0.2, 0) is 4.79 Å². The second-order valence-electron chi connectivity index (χ2n) is 5.31. The first kappa shape index (κ1) is 17.0. The number of amides is 3. The van der Waals surface area contributed by atoms with Gasteiger partial charge in [-0.3, -0.25) is 4.79 Å². The van der Waals surface area contributed by atoms with Gasteiger partial charge in [-0.1, -0.05) is 38.2 Å². The Morgan fingerprint density at radius 3 is 2.62 bits per heavy atom. The van der Waals surface area contributed by atoms with Crippen LogP contribution in [0.25, 0.3) is 0 Å². The summed E-state index contributed by atoms with van der Waals surface area (Å²) >= 11 is 0. The molecule has 1 saturated carbocycles. The van der Waals surface area contributed by atoms with Gasteiger partial charge in [0, 0.05) is 6.54 Å². The Morgan fingerprint density at radius 1 is 1.29 bits per heavy atom. The van der Waals surface area contributed by atoms with Crippen molar-refractivity contribution in [3.63, 3.8) is 0 Å². The van der Waals surface area contributed by atoms with Crippen LogP contribution in [0.2, 0.25) is 0 Å². The Balaban J connectivity index is 2.55. The van der Waals surface area contributed by atoms with E-state index >= 15 is 0 Å². The van der Waals surface area contributed by atoms with Crippen LogP contribution in [0.4, 0.5) is 4.79 Å². The van der Waals surface area contributed by atoms with Crippen molar-refractivity contribution in [2.45, 2.75) is 44.6 Å². The van der Waals surface area contributed by atoms with Crippen LogP contribution < -0.4 is 16.0 Å². The Bertz CT molecular complexity index is 397. The molecule has 0 radical (unpaired) electrons. The van der Waals surface area contributed by atoms with Crippen molar-refractivity contribution in [1.82, 2.24) is 16.0 Å². The number of carbonyl (C=O) groups excluding carboxylic acids is 2. The average Bonchev–Trinajstić information content (AvgIpc) is 2.51. The average molecular weight is 292 g/mol. The minimum atomic E-state index is -0.591. The van der Waals surface area contributed by atoms with E-state index in [1.807, 2.05) is 6.07 Å².